The summed E-state index contributed by atoms with van der Waals surface area (Å²) in [6.07, 6.45) is 0. The van der Waals surface area contributed by atoms with E-state index < -0.39 is 0 Å². The average Bonchev–Trinajstić information content (AvgIpc) is 2.97. The van der Waals surface area contributed by atoms with E-state index in [-0.39, 0.29) is 11.7 Å². The molecule has 0 atom stereocenters. The molecule has 1 amide bonds. The maximum Gasteiger partial charge on any atom is 0.297 e. The van der Waals surface area contributed by atoms with Gasteiger partial charge in [0.2, 0.25) is 5.82 Å². The number of aryl methyl sites for hydroxylation is 2. The lowest BCUT2D eigenvalue weighted by Crippen LogP contribution is -2.27. The number of aromatic nitrogens is 3. The number of para-hydroxylation sites is 1. The summed E-state index contributed by atoms with van der Waals surface area (Å²) in [5.74, 6) is 0.637. The Morgan fingerprint density at radius 3 is 2.30 bits per heavy atom. The van der Waals surface area contributed by atoms with Gasteiger partial charge in [-0.3, -0.25) is 4.79 Å². The number of nitrogens with zero attached hydrogens (tertiary/aromatic N) is 4. The van der Waals surface area contributed by atoms with Crippen LogP contribution in [-0.2, 0) is 0 Å². The maximum absolute atomic E-state index is 12.6. The Kier molecular flexibility index (Phi) is 3.93. The number of anilines is 1. The lowest BCUT2D eigenvalue weighted by molar-refractivity contribution is 0.0983. The van der Waals surface area contributed by atoms with Gasteiger partial charge in [-0.25, -0.2) is 9.67 Å². The van der Waals surface area contributed by atoms with E-state index in [4.69, 9.17) is 0 Å². The minimum absolute atomic E-state index is 0.189. The summed E-state index contributed by atoms with van der Waals surface area (Å²) in [4.78, 5) is 18.5. The van der Waals surface area contributed by atoms with Crippen molar-refractivity contribution >= 4 is 11.6 Å². The second-order valence-corrected chi connectivity index (χ2v) is 5.43. The number of carbonyl (C=O) groups excluding carboxylic acids is 1. The van der Waals surface area contributed by atoms with Crippen LogP contribution in [0.3, 0.4) is 0 Å². The molecular weight excluding hydrogens is 288 g/mol. The normalized spacial score (nSPS) is 10.6. The number of amides is 1. The summed E-state index contributed by atoms with van der Waals surface area (Å²) in [7, 11) is 1.72. The van der Waals surface area contributed by atoms with Crippen LogP contribution in [0, 0.1) is 13.8 Å². The summed E-state index contributed by atoms with van der Waals surface area (Å²) in [5.41, 5.74) is 2.87. The first kappa shape index (κ1) is 15.0. The van der Waals surface area contributed by atoms with Gasteiger partial charge in [0.05, 0.1) is 5.69 Å². The molecule has 3 aromatic rings. The summed E-state index contributed by atoms with van der Waals surface area (Å²) in [6.45, 7) is 3.87. The van der Waals surface area contributed by atoms with Crippen LogP contribution >= 0.6 is 0 Å². The molecule has 0 saturated carbocycles. The van der Waals surface area contributed by atoms with Gasteiger partial charge in [0.1, 0.15) is 5.82 Å². The Balaban J connectivity index is 1.91. The molecule has 23 heavy (non-hydrogen) atoms. The van der Waals surface area contributed by atoms with E-state index in [9.17, 15) is 4.79 Å². The molecule has 1 heterocycles. The zero-order valence-electron chi connectivity index (χ0n) is 13.4. The van der Waals surface area contributed by atoms with Gasteiger partial charge in [0.15, 0.2) is 0 Å². The number of hydrogen-bond donors (Lipinski definition) is 0. The Labute approximate surface area is 135 Å². The van der Waals surface area contributed by atoms with Crippen LogP contribution in [0.1, 0.15) is 22.0 Å². The standard InChI is InChI=1S/C18H18N4O/c1-13-9-11-16(12-10-13)22-14(2)19-17(20-22)18(23)21(3)15-7-5-4-6-8-15/h4-12H,1-3H3. The highest BCUT2D eigenvalue weighted by Crippen LogP contribution is 2.15. The Morgan fingerprint density at radius 2 is 1.65 bits per heavy atom. The Morgan fingerprint density at radius 1 is 1.00 bits per heavy atom. The Hall–Kier alpha value is -2.95. The average molecular weight is 306 g/mol. The van der Waals surface area contributed by atoms with Crippen molar-refractivity contribution in [3.8, 4) is 5.69 Å². The predicted octanol–water partition coefficient (Wildman–Crippen LogP) is 3.16. The van der Waals surface area contributed by atoms with Crippen molar-refractivity contribution in [1.82, 2.24) is 14.8 Å². The first-order valence-corrected chi connectivity index (χ1v) is 7.40. The lowest BCUT2D eigenvalue weighted by Gasteiger charge is -2.14. The molecule has 0 aliphatic rings. The molecule has 0 bridgehead atoms. The van der Waals surface area contributed by atoms with E-state index >= 15 is 0 Å². The molecule has 0 aliphatic carbocycles. The fourth-order valence-electron chi connectivity index (χ4n) is 2.33. The third-order valence-corrected chi connectivity index (χ3v) is 3.69. The molecule has 0 N–H and O–H groups in total. The van der Waals surface area contributed by atoms with Gasteiger partial charge in [-0.15, -0.1) is 5.10 Å². The number of hydrogen-bond acceptors (Lipinski definition) is 3. The molecule has 5 nitrogen and oxygen atoms in total. The second-order valence-electron chi connectivity index (χ2n) is 5.43. The van der Waals surface area contributed by atoms with Crippen LogP contribution in [0.25, 0.3) is 5.69 Å². The van der Waals surface area contributed by atoms with Crippen LogP contribution in [0.4, 0.5) is 5.69 Å². The molecule has 0 unspecified atom stereocenters. The second kappa shape index (κ2) is 6.04. The van der Waals surface area contributed by atoms with Gasteiger partial charge < -0.3 is 4.90 Å². The van der Waals surface area contributed by atoms with Crippen molar-refractivity contribution in [2.75, 3.05) is 11.9 Å². The van der Waals surface area contributed by atoms with Crippen LogP contribution in [0.5, 0.6) is 0 Å². The number of benzene rings is 2. The van der Waals surface area contributed by atoms with Crippen molar-refractivity contribution in [3.63, 3.8) is 0 Å². The van der Waals surface area contributed by atoms with Crippen LogP contribution < -0.4 is 4.90 Å². The quantitative estimate of drug-likeness (QED) is 0.747. The molecule has 0 saturated heterocycles. The largest absolute Gasteiger partial charge is 0.309 e. The molecule has 1 aromatic heterocycles. The minimum atomic E-state index is -0.231. The fourth-order valence-corrected chi connectivity index (χ4v) is 2.33. The van der Waals surface area contributed by atoms with Crippen LogP contribution in [0.2, 0.25) is 0 Å². The van der Waals surface area contributed by atoms with Crippen molar-refractivity contribution in [2.45, 2.75) is 13.8 Å². The molecule has 116 valence electrons. The monoisotopic (exact) mass is 306 g/mol. The van der Waals surface area contributed by atoms with Gasteiger partial charge in [-0.1, -0.05) is 35.9 Å². The molecular formula is C18H18N4O. The fraction of sp³-hybridized carbons (Fsp3) is 0.167. The summed E-state index contributed by atoms with van der Waals surface area (Å²) < 4.78 is 1.69. The smallest absolute Gasteiger partial charge is 0.297 e. The summed E-state index contributed by atoms with van der Waals surface area (Å²) in [6, 6.07) is 17.4. The zero-order chi connectivity index (χ0) is 16.4. The first-order valence-electron chi connectivity index (χ1n) is 7.40. The van der Waals surface area contributed by atoms with E-state index in [2.05, 4.69) is 10.1 Å². The van der Waals surface area contributed by atoms with Gasteiger partial charge >= 0.3 is 0 Å². The third kappa shape index (κ3) is 2.99. The lowest BCUT2D eigenvalue weighted by atomic mass is 10.2. The van der Waals surface area contributed by atoms with E-state index in [1.807, 2.05) is 68.4 Å². The maximum atomic E-state index is 12.6. The highest BCUT2D eigenvalue weighted by Gasteiger charge is 2.20. The molecule has 5 heteroatoms. The molecule has 2 aromatic carbocycles. The molecule has 0 spiro atoms. The van der Waals surface area contributed by atoms with Crippen molar-refractivity contribution < 1.29 is 4.79 Å². The van der Waals surface area contributed by atoms with Crippen molar-refractivity contribution in [3.05, 3.63) is 71.8 Å². The van der Waals surface area contributed by atoms with Gasteiger partial charge in [0, 0.05) is 12.7 Å². The number of carbonyl (C=O) groups is 1. The Bertz CT molecular complexity index is 822. The van der Waals surface area contributed by atoms with E-state index in [0.29, 0.717) is 5.82 Å². The van der Waals surface area contributed by atoms with Gasteiger partial charge in [0.25, 0.3) is 5.91 Å². The highest BCUT2D eigenvalue weighted by molar-refractivity contribution is 6.03. The number of rotatable bonds is 3. The summed E-state index contributed by atoms with van der Waals surface area (Å²) in [5, 5.41) is 4.37. The predicted molar refractivity (Wildman–Crippen MR) is 90.0 cm³/mol. The molecule has 0 radical (unpaired) electrons. The van der Waals surface area contributed by atoms with Crippen molar-refractivity contribution in [1.29, 1.82) is 0 Å². The molecule has 3 rings (SSSR count). The van der Waals surface area contributed by atoms with E-state index in [1.54, 1.807) is 16.6 Å². The molecule has 0 fully saturated rings. The van der Waals surface area contributed by atoms with Gasteiger partial charge in [-0.2, -0.15) is 0 Å². The topological polar surface area (TPSA) is 51.0 Å². The van der Waals surface area contributed by atoms with E-state index in [0.717, 1.165) is 11.4 Å². The zero-order valence-corrected chi connectivity index (χ0v) is 13.4. The van der Waals surface area contributed by atoms with Crippen LogP contribution in [0.15, 0.2) is 54.6 Å². The highest BCUT2D eigenvalue weighted by atomic mass is 16.2. The van der Waals surface area contributed by atoms with Crippen LogP contribution in [-0.4, -0.2) is 27.7 Å². The van der Waals surface area contributed by atoms with E-state index in [1.165, 1.54) is 5.56 Å². The SMILES string of the molecule is Cc1ccc(-n2nc(C(=O)N(C)c3ccccc3)nc2C)cc1. The summed E-state index contributed by atoms with van der Waals surface area (Å²) >= 11 is 0. The minimum Gasteiger partial charge on any atom is -0.309 e. The third-order valence-electron chi connectivity index (χ3n) is 3.69. The molecule has 0 aliphatic heterocycles. The van der Waals surface area contributed by atoms with Crippen molar-refractivity contribution in [2.24, 2.45) is 0 Å². The van der Waals surface area contributed by atoms with Gasteiger partial charge in [-0.05, 0) is 38.1 Å². The first-order chi connectivity index (χ1) is 11.1.